The molecule has 0 bridgehead atoms. The summed E-state index contributed by atoms with van der Waals surface area (Å²) in [5.41, 5.74) is 5.76. The number of benzene rings is 1. The summed E-state index contributed by atoms with van der Waals surface area (Å²) in [4.78, 5) is 51.0. The number of carbonyl (C=O) groups excluding carboxylic acids is 4. The standard InChI is InChI=1S/C22H31N3O5/c1-13(2)14(3)10-11-16(24-21(28)15-8-6-5-7-9-15)22(29)25(4)18-17(26)12-30-19(18)20(23)27/h5-9,13-14,16,18-19H,10-12H2,1-4H3,(H2,23,27)(H,24,28)/t14?,16-,18?,19?/m0/s1. The number of amides is 3. The molecule has 1 aliphatic heterocycles. The Hall–Kier alpha value is -2.74. The second kappa shape index (κ2) is 10.3. The number of ether oxygens (including phenoxy) is 1. The van der Waals surface area contributed by atoms with Gasteiger partial charge in [0, 0.05) is 12.6 Å². The van der Waals surface area contributed by atoms with Gasteiger partial charge >= 0.3 is 0 Å². The molecule has 0 aromatic heterocycles. The summed E-state index contributed by atoms with van der Waals surface area (Å²) in [7, 11) is 1.43. The number of hydrogen-bond acceptors (Lipinski definition) is 5. The zero-order chi connectivity index (χ0) is 22.4. The highest BCUT2D eigenvalue weighted by molar-refractivity contribution is 6.01. The van der Waals surface area contributed by atoms with Crippen LogP contribution in [0.3, 0.4) is 0 Å². The van der Waals surface area contributed by atoms with Crippen LogP contribution >= 0.6 is 0 Å². The number of nitrogens with zero attached hydrogens (tertiary/aromatic N) is 1. The average molecular weight is 418 g/mol. The van der Waals surface area contributed by atoms with E-state index in [1.54, 1.807) is 30.3 Å². The quantitative estimate of drug-likeness (QED) is 0.624. The van der Waals surface area contributed by atoms with Gasteiger partial charge in [0.1, 0.15) is 18.7 Å². The summed E-state index contributed by atoms with van der Waals surface area (Å²) in [5, 5.41) is 2.79. The predicted molar refractivity (Wildman–Crippen MR) is 111 cm³/mol. The average Bonchev–Trinajstić information content (AvgIpc) is 3.11. The molecule has 1 aromatic rings. The first kappa shape index (κ1) is 23.5. The molecule has 1 fully saturated rings. The van der Waals surface area contributed by atoms with Crippen molar-refractivity contribution in [3.05, 3.63) is 35.9 Å². The largest absolute Gasteiger partial charge is 0.367 e. The van der Waals surface area contributed by atoms with E-state index in [1.165, 1.54) is 11.9 Å². The Morgan fingerprint density at radius 1 is 1.17 bits per heavy atom. The molecule has 4 atom stereocenters. The van der Waals surface area contributed by atoms with Crippen molar-refractivity contribution in [2.24, 2.45) is 17.6 Å². The summed E-state index contributed by atoms with van der Waals surface area (Å²) in [6.45, 7) is 6.01. The van der Waals surface area contributed by atoms with Crippen molar-refractivity contribution in [3.63, 3.8) is 0 Å². The molecule has 1 aromatic carbocycles. The van der Waals surface area contributed by atoms with Crippen molar-refractivity contribution >= 4 is 23.5 Å². The summed E-state index contributed by atoms with van der Waals surface area (Å²) in [6.07, 6.45) is -0.0679. The Morgan fingerprint density at radius 2 is 1.80 bits per heavy atom. The molecular formula is C22H31N3O5. The normalized spacial score (nSPS) is 20.6. The lowest BCUT2D eigenvalue weighted by molar-refractivity contribution is -0.141. The molecule has 8 heteroatoms. The molecule has 1 saturated heterocycles. The van der Waals surface area contributed by atoms with Gasteiger partial charge in [0.05, 0.1) is 0 Å². The third kappa shape index (κ3) is 5.66. The first-order valence-electron chi connectivity index (χ1n) is 10.2. The van der Waals surface area contributed by atoms with Crippen LogP contribution in [0.15, 0.2) is 30.3 Å². The summed E-state index contributed by atoms with van der Waals surface area (Å²) >= 11 is 0. The summed E-state index contributed by atoms with van der Waals surface area (Å²) in [5.74, 6) is -1.26. The zero-order valence-corrected chi connectivity index (χ0v) is 18.0. The molecule has 0 aliphatic carbocycles. The van der Waals surface area contributed by atoms with Gasteiger partial charge in [-0.25, -0.2) is 0 Å². The van der Waals surface area contributed by atoms with Crippen LogP contribution in [0.2, 0.25) is 0 Å². The lowest BCUT2D eigenvalue weighted by Gasteiger charge is -2.30. The van der Waals surface area contributed by atoms with Gasteiger partial charge in [0.2, 0.25) is 11.8 Å². The number of hydrogen-bond donors (Lipinski definition) is 2. The lowest BCUT2D eigenvalue weighted by atomic mass is 9.91. The Kier molecular flexibility index (Phi) is 8.11. The topological polar surface area (TPSA) is 119 Å². The highest BCUT2D eigenvalue weighted by atomic mass is 16.5. The smallest absolute Gasteiger partial charge is 0.251 e. The first-order valence-corrected chi connectivity index (χ1v) is 10.2. The Bertz CT molecular complexity index is 780. The number of carbonyl (C=O) groups is 4. The third-order valence-corrected chi connectivity index (χ3v) is 5.76. The molecule has 0 spiro atoms. The fourth-order valence-electron chi connectivity index (χ4n) is 3.41. The van der Waals surface area contributed by atoms with Crippen LogP contribution in [-0.4, -0.2) is 60.2 Å². The Labute approximate surface area is 177 Å². The minimum atomic E-state index is -1.19. The van der Waals surface area contributed by atoms with E-state index in [2.05, 4.69) is 26.1 Å². The molecule has 3 unspecified atom stereocenters. The minimum Gasteiger partial charge on any atom is -0.367 e. The fourth-order valence-corrected chi connectivity index (χ4v) is 3.41. The van der Waals surface area contributed by atoms with Crippen molar-refractivity contribution in [2.45, 2.75) is 51.8 Å². The fraction of sp³-hybridized carbons (Fsp3) is 0.545. The van der Waals surface area contributed by atoms with E-state index in [9.17, 15) is 19.2 Å². The number of rotatable bonds is 9. The van der Waals surface area contributed by atoms with Crippen LogP contribution in [0.1, 0.15) is 44.0 Å². The number of ketones is 1. The maximum absolute atomic E-state index is 13.2. The number of primary amides is 1. The van der Waals surface area contributed by atoms with Crippen LogP contribution < -0.4 is 11.1 Å². The number of likely N-dealkylation sites (N-methyl/N-ethyl adjacent to an activating group) is 1. The van der Waals surface area contributed by atoms with E-state index >= 15 is 0 Å². The lowest BCUT2D eigenvalue weighted by Crippen LogP contribution is -2.56. The number of nitrogens with two attached hydrogens (primary N) is 1. The molecular weight excluding hydrogens is 386 g/mol. The van der Waals surface area contributed by atoms with Crippen LogP contribution in [0.5, 0.6) is 0 Å². The molecule has 1 aliphatic rings. The Morgan fingerprint density at radius 3 is 2.37 bits per heavy atom. The van der Waals surface area contributed by atoms with E-state index in [0.29, 0.717) is 30.2 Å². The third-order valence-electron chi connectivity index (χ3n) is 5.76. The van der Waals surface area contributed by atoms with Gasteiger partial charge in [0.15, 0.2) is 11.9 Å². The van der Waals surface area contributed by atoms with Gasteiger partial charge in [-0.2, -0.15) is 0 Å². The van der Waals surface area contributed by atoms with Crippen molar-refractivity contribution in [1.82, 2.24) is 10.2 Å². The van der Waals surface area contributed by atoms with Gasteiger partial charge < -0.3 is 20.7 Å². The maximum atomic E-state index is 13.2. The van der Waals surface area contributed by atoms with Crippen molar-refractivity contribution in [1.29, 1.82) is 0 Å². The SMILES string of the molecule is CC(C)C(C)CC[C@H](NC(=O)c1ccccc1)C(=O)N(C)C1C(=O)COC1C(N)=O. The summed E-state index contributed by atoms with van der Waals surface area (Å²) in [6, 6.07) is 6.67. The molecule has 164 valence electrons. The molecule has 2 rings (SSSR count). The van der Waals surface area contributed by atoms with E-state index in [0.717, 1.165) is 0 Å². The van der Waals surface area contributed by atoms with Gasteiger partial charge in [0.25, 0.3) is 5.91 Å². The first-order chi connectivity index (χ1) is 14.1. The Balaban J connectivity index is 2.20. The van der Waals surface area contributed by atoms with Gasteiger partial charge in [-0.05, 0) is 36.8 Å². The van der Waals surface area contributed by atoms with E-state index in [1.807, 2.05) is 0 Å². The summed E-state index contributed by atoms with van der Waals surface area (Å²) < 4.78 is 5.17. The van der Waals surface area contributed by atoms with E-state index in [-0.39, 0.29) is 12.5 Å². The molecule has 30 heavy (non-hydrogen) atoms. The highest BCUT2D eigenvalue weighted by Gasteiger charge is 2.45. The molecule has 3 N–H and O–H groups in total. The highest BCUT2D eigenvalue weighted by Crippen LogP contribution is 2.21. The van der Waals surface area contributed by atoms with Gasteiger partial charge in [-0.1, -0.05) is 39.0 Å². The van der Waals surface area contributed by atoms with Crippen molar-refractivity contribution < 1.29 is 23.9 Å². The molecule has 1 heterocycles. The molecule has 8 nitrogen and oxygen atoms in total. The van der Waals surface area contributed by atoms with Crippen LogP contribution in [0.4, 0.5) is 0 Å². The van der Waals surface area contributed by atoms with E-state index < -0.39 is 35.8 Å². The molecule has 0 saturated carbocycles. The van der Waals surface area contributed by atoms with Crippen LogP contribution in [0, 0.1) is 11.8 Å². The zero-order valence-electron chi connectivity index (χ0n) is 18.0. The minimum absolute atomic E-state index is 0.276. The van der Waals surface area contributed by atoms with E-state index in [4.69, 9.17) is 10.5 Å². The van der Waals surface area contributed by atoms with Crippen LogP contribution in [0.25, 0.3) is 0 Å². The van der Waals surface area contributed by atoms with Crippen LogP contribution in [-0.2, 0) is 19.1 Å². The van der Waals surface area contributed by atoms with Crippen molar-refractivity contribution in [2.75, 3.05) is 13.7 Å². The van der Waals surface area contributed by atoms with Gasteiger partial charge in [-0.3, -0.25) is 19.2 Å². The van der Waals surface area contributed by atoms with Gasteiger partial charge in [-0.15, -0.1) is 0 Å². The number of nitrogens with one attached hydrogen (secondary N) is 1. The second-order valence-corrected chi connectivity index (χ2v) is 8.18. The molecule has 3 amide bonds. The van der Waals surface area contributed by atoms with Crippen molar-refractivity contribution in [3.8, 4) is 0 Å². The number of Topliss-reactive ketones (excluding diaryl/α,β-unsaturated/α-hetero) is 1. The molecule has 0 radical (unpaired) electrons. The second-order valence-electron chi connectivity index (χ2n) is 8.18. The predicted octanol–water partition coefficient (Wildman–Crippen LogP) is 1.14. The maximum Gasteiger partial charge on any atom is 0.251 e. The monoisotopic (exact) mass is 417 g/mol.